The highest BCUT2D eigenvalue weighted by molar-refractivity contribution is 6.42. The molecule has 0 N–H and O–H groups in total. The van der Waals surface area contributed by atoms with Gasteiger partial charge in [0, 0.05) is 6.54 Å². The lowest BCUT2D eigenvalue weighted by molar-refractivity contribution is -0.160. The molecule has 0 amide bonds. The number of ether oxygens (including phenoxy) is 1. The van der Waals surface area contributed by atoms with Gasteiger partial charge in [0.05, 0.1) is 10.0 Å². The third kappa shape index (κ3) is 4.35. The third-order valence-corrected chi connectivity index (χ3v) is 4.31. The molecule has 0 saturated carbocycles. The van der Waals surface area contributed by atoms with Gasteiger partial charge in [0.1, 0.15) is 11.6 Å². The van der Waals surface area contributed by atoms with Crippen LogP contribution in [0, 0.1) is 0 Å². The van der Waals surface area contributed by atoms with Gasteiger partial charge in [-0.1, -0.05) is 35.3 Å². The van der Waals surface area contributed by atoms with E-state index in [1.165, 1.54) is 0 Å². The molecule has 116 valence electrons. The second-order valence-corrected chi connectivity index (χ2v) is 7.16. The van der Waals surface area contributed by atoms with Crippen molar-refractivity contribution in [2.75, 3.05) is 6.54 Å². The molecule has 1 heterocycles. The molecule has 1 aliphatic rings. The zero-order valence-electron chi connectivity index (χ0n) is 12.7. The molecule has 1 saturated heterocycles. The molecule has 1 aromatic rings. The van der Waals surface area contributed by atoms with Crippen LogP contribution in [0.15, 0.2) is 18.2 Å². The first-order valence-corrected chi connectivity index (χ1v) is 7.93. The molecular formula is C16H21Cl2NO2. The largest absolute Gasteiger partial charge is 0.459 e. The molecule has 5 heteroatoms. The number of carbonyl (C=O) groups excluding carboxylic acids is 1. The minimum Gasteiger partial charge on any atom is -0.459 e. The number of hydrogen-bond acceptors (Lipinski definition) is 3. The van der Waals surface area contributed by atoms with Gasteiger partial charge in [-0.25, -0.2) is 0 Å². The van der Waals surface area contributed by atoms with E-state index in [9.17, 15) is 4.79 Å². The van der Waals surface area contributed by atoms with Crippen LogP contribution in [0.4, 0.5) is 0 Å². The van der Waals surface area contributed by atoms with E-state index in [-0.39, 0.29) is 12.0 Å². The van der Waals surface area contributed by atoms with Crippen LogP contribution in [0.25, 0.3) is 0 Å². The van der Waals surface area contributed by atoms with Crippen molar-refractivity contribution in [2.24, 2.45) is 0 Å². The van der Waals surface area contributed by atoms with E-state index >= 15 is 0 Å². The molecule has 0 spiro atoms. The minimum atomic E-state index is -0.459. The predicted octanol–water partition coefficient (Wildman–Crippen LogP) is 4.30. The molecule has 21 heavy (non-hydrogen) atoms. The summed E-state index contributed by atoms with van der Waals surface area (Å²) >= 11 is 12.3. The van der Waals surface area contributed by atoms with Crippen molar-refractivity contribution in [3.63, 3.8) is 0 Å². The highest BCUT2D eigenvalue weighted by atomic mass is 35.5. The van der Waals surface area contributed by atoms with E-state index < -0.39 is 5.60 Å². The van der Waals surface area contributed by atoms with E-state index in [0.29, 0.717) is 16.6 Å². The Hall–Kier alpha value is -0.770. The standard InChI is InChI=1S/C16H21Cl2NO2/c1-16(2,3)21-15(20)13-8-5-9-19(13)10-11-6-4-7-12(17)14(11)18/h4,6-7,13H,5,8-10H2,1-3H3/t13-/m1/s1. The topological polar surface area (TPSA) is 29.5 Å². The van der Waals surface area contributed by atoms with Gasteiger partial charge in [0.2, 0.25) is 0 Å². The maximum atomic E-state index is 12.3. The maximum Gasteiger partial charge on any atom is 0.323 e. The second-order valence-electron chi connectivity index (χ2n) is 6.37. The van der Waals surface area contributed by atoms with Crippen molar-refractivity contribution in [3.8, 4) is 0 Å². The summed E-state index contributed by atoms with van der Waals surface area (Å²) in [6.07, 6.45) is 1.81. The van der Waals surface area contributed by atoms with Crippen LogP contribution in [0.5, 0.6) is 0 Å². The Morgan fingerprint density at radius 1 is 1.38 bits per heavy atom. The average molecular weight is 330 g/mol. The maximum absolute atomic E-state index is 12.3. The summed E-state index contributed by atoms with van der Waals surface area (Å²) in [6.45, 7) is 7.14. The number of nitrogens with zero attached hydrogens (tertiary/aromatic N) is 1. The Morgan fingerprint density at radius 2 is 2.10 bits per heavy atom. The normalized spacial score (nSPS) is 19.8. The second kappa shape index (κ2) is 6.55. The fraction of sp³-hybridized carbons (Fsp3) is 0.562. The van der Waals surface area contributed by atoms with Crippen LogP contribution in [-0.4, -0.2) is 29.1 Å². The van der Waals surface area contributed by atoms with Crippen molar-refractivity contribution >= 4 is 29.2 Å². The summed E-state index contributed by atoms with van der Waals surface area (Å²) < 4.78 is 5.50. The first kappa shape index (κ1) is 16.6. The van der Waals surface area contributed by atoms with Crippen LogP contribution in [0.1, 0.15) is 39.2 Å². The van der Waals surface area contributed by atoms with Crippen molar-refractivity contribution in [3.05, 3.63) is 33.8 Å². The molecule has 1 fully saturated rings. The molecule has 0 aromatic heterocycles. The molecule has 2 rings (SSSR count). The summed E-state index contributed by atoms with van der Waals surface area (Å²) in [7, 11) is 0. The molecule has 1 aromatic carbocycles. The van der Waals surface area contributed by atoms with Crippen LogP contribution in [-0.2, 0) is 16.1 Å². The first-order chi connectivity index (χ1) is 9.78. The molecule has 0 bridgehead atoms. The number of rotatable bonds is 3. The van der Waals surface area contributed by atoms with E-state index in [0.717, 1.165) is 24.9 Å². The van der Waals surface area contributed by atoms with Crippen molar-refractivity contribution in [2.45, 2.75) is 51.8 Å². The van der Waals surface area contributed by atoms with Gasteiger partial charge in [-0.2, -0.15) is 0 Å². The quantitative estimate of drug-likeness (QED) is 0.774. The van der Waals surface area contributed by atoms with Crippen molar-refractivity contribution in [1.29, 1.82) is 0 Å². The van der Waals surface area contributed by atoms with Crippen molar-refractivity contribution < 1.29 is 9.53 Å². The first-order valence-electron chi connectivity index (χ1n) is 7.18. The Kier molecular flexibility index (Phi) is 5.18. The summed E-state index contributed by atoms with van der Waals surface area (Å²) in [5.74, 6) is -0.154. The summed E-state index contributed by atoms with van der Waals surface area (Å²) in [6, 6.07) is 5.39. The Labute approximate surface area is 136 Å². The fourth-order valence-corrected chi connectivity index (χ4v) is 2.92. The van der Waals surface area contributed by atoms with Gasteiger partial charge in [-0.05, 0) is 51.8 Å². The minimum absolute atomic E-state index is 0.154. The number of benzene rings is 1. The summed E-state index contributed by atoms with van der Waals surface area (Å²) in [5, 5.41) is 1.11. The number of likely N-dealkylation sites (tertiary alicyclic amines) is 1. The lowest BCUT2D eigenvalue weighted by atomic mass is 10.1. The number of carbonyl (C=O) groups is 1. The van der Waals surface area contributed by atoms with Crippen LogP contribution >= 0.6 is 23.2 Å². The van der Waals surface area contributed by atoms with Gasteiger partial charge in [0.25, 0.3) is 0 Å². The Balaban J connectivity index is 2.09. The molecule has 0 radical (unpaired) electrons. The SMILES string of the molecule is CC(C)(C)OC(=O)[C@H]1CCCN1Cc1cccc(Cl)c1Cl. The predicted molar refractivity (Wildman–Crippen MR) is 85.7 cm³/mol. The van der Waals surface area contributed by atoms with E-state index in [4.69, 9.17) is 27.9 Å². The molecular weight excluding hydrogens is 309 g/mol. The van der Waals surface area contributed by atoms with Crippen molar-refractivity contribution in [1.82, 2.24) is 4.90 Å². The summed E-state index contributed by atoms with van der Waals surface area (Å²) in [4.78, 5) is 14.4. The molecule has 0 aliphatic carbocycles. The molecule has 0 unspecified atom stereocenters. The van der Waals surface area contributed by atoms with E-state index in [2.05, 4.69) is 4.90 Å². The number of esters is 1. The van der Waals surface area contributed by atoms with Gasteiger partial charge >= 0.3 is 5.97 Å². The average Bonchev–Trinajstić information content (AvgIpc) is 2.81. The third-order valence-electron chi connectivity index (χ3n) is 3.45. The lowest BCUT2D eigenvalue weighted by Crippen LogP contribution is -2.40. The molecule has 1 atom stereocenters. The van der Waals surface area contributed by atoms with Gasteiger partial charge in [-0.3, -0.25) is 9.69 Å². The zero-order valence-corrected chi connectivity index (χ0v) is 14.2. The van der Waals surface area contributed by atoms with Gasteiger partial charge in [0.15, 0.2) is 0 Å². The fourth-order valence-electron chi connectivity index (χ4n) is 2.54. The smallest absolute Gasteiger partial charge is 0.323 e. The summed E-state index contributed by atoms with van der Waals surface area (Å²) in [5.41, 5.74) is 0.485. The molecule has 1 aliphatic heterocycles. The highest BCUT2D eigenvalue weighted by Crippen LogP contribution is 2.29. The monoisotopic (exact) mass is 329 g/mol. The van der Waals surface area contributed by atoms with Crippen LogP contribution < -0.4 is 0 Å². The van der Waals surface area contributed by atoms with Gasteiger partial charge < -0.3 is 4.74 Å². The zero-order chi connectivity index (χ0) is 15.6. The van der Waals surface area contributed by atoms with E-state index in [1.54, 1.807) is 6.07 Å². The van der Waals surface area contributed by atoms with Crippen LogP contribution in [0.3, 0.4) is 0 Å². The number of hydrogen-bond donors (Lipinski definition) is 0. The Bertz CT molecular complexity index is 525. The Morgan fingerprint density at radius 3 is 2.76 bits per heavy atom. The van der Waals surface area contributed by atoms with Gasteiger partial charge in [-0.15, -0.1) is 0 Å². The highest BCUT2D eigenvalue weighted by Gasteiger charge is 2.34. The van der Waals surface area contributed by atoms with E-state index in [1.807, 2.05) is 32.9 Å². The van der Waals surface area contributed by atoms with Crippen LogP contribution in [0.2, 0.25) is 10.0 Å². The number of halogens is 2. The molecule has 3 nitrogen and oxygen atoms in total. The lowest BCUT2D eigenvalue weighted by Gasteiger charge is -2.27.